The van der Waals surface area contributed by atoms with Gasteiger partial charge < -0.3 is 19.3 Å². The number of hydrogen-bond acceptors (Lipinski definition) is 9. The summed E-state index contributed by atoms with van der Waals surface area (Å²) in [6.45, 7) is 0.195. The molecule has 0 spiro atoms. The third-order valence-corrected chi connectivity index (χ3v) is 6.09. The molecule has 0 radical (unpaired) electrons. The van der Waals surface area contributed by atoms with Gasteiger partial charge in [-0.05, 0) is 65.4 Å². The van der Waals surface area contributed by atoms with E-state index in [2.05, 4.69) is 15.2 Å². The van der Waals surface area contributed by atoms with Crippen LogP contribution in [0.2, 0.25) is 0 Å². The fraction of sp³-hybridized carbons (Fsp3) is 0.115. The summed E-state index contributed by atoms with van der Waals surface area (Å²) in [5.41, 5.74) is 2.03. The van der Waals surface area contributed by atoms with Gasteiger partial charge in [-0.2, -0.15) is 0 Å². The number of hydrogen-bond donors (Lipinski definition) is 2. The number of rotatable bonds is 11. The van der Waals surface area contributed by atoms with Gasteiger partial charge in [0.2, 0.25) is 5.16 Å². The van der Waals surface area contributed by atoms with Crippen molar-refractivity contribution in [1.29, 1.82) is 0 Å². The number of nitro benzene ring substituents is 1. The van der Waals surface area contributed by atoms with Gasteiger partial charge in [-0.1, -0.05) is 12.1 Å². The van der Waals surface area contributed by atoms with E-state index in [1.807, 2.05) is 0 Å². The van der Waals surface area contributed by atoms with E-state index in [4.69, 9.17) is 14.2 Å². The topological polar surface area (TPSA) is 150 Å². The first-order chi connectivity index (χ1) is 18.3. The molecule has 194 valence electrons. The molecule has 0 bridgehead atoms. The van der Waals surface area contributed by atoms with E-state index in [1.54, 1.807) is 68.8 Å². The summed E-state index contributed by atoms with van der Waals surface area (Å²) in [5.74, 6) is 0.954. The van der Waals surface area contributed by atoms with Crippen LogP contribution in [0.5, 0.6) is 17.2 Å². The van der Waals surface area contributed by atoms with Gasteiger partial charge in [-0.15, -0.1) is 5.10 Å². The molecule has 12 heteroatoms. The molecule has 0 aliphatic carbocycles. The highest BCUT2D eigenvalue weighted by Gasteiger charge is 2.16. The molecule has 4 rings (SSSR count). The molecular formula is C26H22N4O7S. The summed E-state index contributed by atoms with van der Waals surface area (Å²) in [5, 5.41) is 27.7. The summed E-state index contributed by atoms with van der Waals surface area (Å²) in [6.07, 6.45) is 1.50. The number of methoxy groups -OCH3 is 2. The monoisotopic (exact) mass is 534 g/mol. The number of nitrogens with zero attached hydrogens (tertiary/aromatic N) is 3. The van der Waals surface area contributed by atoms with Crippen molar-refractivity contribution in [2.75, 3.05) is 14.2 Å². The number of ether oxygens (including phenoxy) is 3. The number of H-pyrrole nitrogens is 1. The summed E-state index contributed by atoms with van der Waals surface area (Å²) in [4.78, 5) is 26.7. The maximum Gasteiger partial charge on any atom is 0.342 e. The van der Waals surface area contributed by atoms with Crippen molar-refractivity contribution in [2.45, 2.75) is 11.8 Å². The van der Waals surface area contributed by atoms with Gasteiger partial charge >= 0.3 is 5.97 Å². The minimum atomic E-state index is -1.14. The molecule has 0 saturated heterocycles. The number of thioether (sulfide) groups is 1. The minimum Gasteiger partial charge on any atom is -0.497 e. The highest BCUT2D eigenvalue weighted by molar-refractivity contribution is 8.04. The van der Waals surface area contributed by atoms with Crippen molar-refractivity contribution >= 4 is 29.5 Å². The van der Waals surface area contributed by atoms with Gasteiger partial charge in [-0.3, -0.25) is 15.2 Å². The lowest BCUT2D eigenvalue weighted by atomic mass is 10.2. The van der Waals surface area contributed by atoms with Crippen LogP contribution in [0.1, 0.15) is 11.1 Å². The predicted molar refractivity (Wildman–Crippen MR) is 140 cm³/mol. The zero-order valence-electron chi connectivity index (χ0n) is 20.3. The van der Waals surface area contributed by atoms with Crippen molar-refractivity contribution in [2.24, 2.45) is 0 Å². The summed E-state index contributed by atoms with van der Waals surface area (Å²) >= 11 is 0.897. The van der Waals surface area contributed by atoms with Gasteiger partial charge in [0.1, 0.15) is 28.8 Å². The number of aromatic nitrogens is 3. The van der Waals surface area contributed by atoms with Crippen LogP contribution in [0.15, 0.2) is 76.8 Å². The van der Waals surface area contributed by atoms with Crippen LogP contribution in [0.25, 0.3) is 17.5 Å². The molecule has 0 amide bonds. The fourth-order valence-corrected chi connectivity index (χ4v) is 4.03. The van der Waals surface area contributed by atoms with E-state index >= 15 is 0 Å². The molecule has 0 fully saturated rings. The lowest BCUT2D eigenvalue weighted by molar-refractivity contribution is -0.384. The first kappa shape index (κ1) is 26.2. The Bertz CT molecular complexity index is 1460. The van der Waals surface area contributed by atoms with Crippen LogP contribution >= 0.6 is 11.8 Å². The summed E-state index contributed by atoms with van der Waals surface area (Å²) in [6, 6.07) is 18.2. The molecule has 4 aromatic rings. The molecule has 3 aromatic carbocycles. The van der Waals surface area contributed by atoms with E-state index in [0.717, 1.165) is 17.3 Å². The van der Waals surface area contributed by atoms with Crippen molar-refractivity contribution in [3.63, 3.8) is 0 Å². The molecule has 38 heavy (non-hydrogen) atoms. The van der Waals surface area contributed by atoms with Crippen molar-refractivity contribution in [3.8, 4) is 28.6 Å². The molecule has 0 saturated carbocycles. The Labute approximate surface area is 221 Å². The Hall–Kier alpha value is -4.84. The number of carboxylic acid groups (broad SMARTS) is 1. The second-order valence-corrected chi connectivity index (χ2v) is 8.78. The number of benzene rings is 3. The van der Waals surface area contributed by atoms with E-state index in [-0.39, 0.29) is 22.4 Å². The fourth-order valence-electron chi connectivity index (χ4n) is 3.32. The van der Waals surface area contributed by atoms with Crippen LogP contribution < -0.4 is 14.2 Å². The molecule has 2 N–H and O–H groups in total. The zero-order valence-corrected chi connectivity index (χ0v) is 21.1. The van der Waals surface area contributed by atoms with E-state index in [1.165, 1.54) is 18.2 Å². The quantitative estimate of drug-likeness (QED) is 0.114. The molecule has 1 heterocycles. The maximum absolute atomic E-state index is 12.0. The molecular weight excluding hydrogens is 512 g/mol. The smallest absolute Gasteiger partial charge is 0.342 e. The number of aromatic amines is 1. The van der Waals surface area contributed by atoms with E-state index in [9.17, 15) is 20.0 Å². The van der Waals surface area contributed by atoms with Crippen LogP contribution in [-0.2, 0) is 11.4 Å². The lowest BCUT2D eigenvalue weighted by Gasteiger charge is -2.07. The van der Waals surface area contributed by atoms with Crippen LogP contribution in [0.3, 0.4) is 0 Å². The number of carbonyl (C=O) groups is 1. The normalized spacial score (nSPS) is 11.2. The average molecular weight is 535 g/mol. The Morgan fingerprint density at radius 3 is 2.39 bits per heavy atom. The highest BCUT2D eigenvalue weighted by Crippen LogP contribution is 2.31. The van der Waals surface area contributed by atoms with Gasteiger partial charge in [0, 0.05) is 23.8 Å². The molecule has 11 nitrogen and oxygen atoms in total. The van der Waals surface area contributed by atoms with Crippen molar-refractivity contribution in [1.82, 2.24) is 15.2 Å². The predicted octanol–water partition coefficient (Wildman–Crippen LogP) is 5.19. The largest absolute Gasteiger partial charge is 0.497 e. The summed E-state index contributed by atoms with van der Waals surface area (Å²) < 4.78 is 16.3. The summed E-state index contributed by atoms with van der Waals surface area (Å²) in [7, 11) is 3.08. The van der Waals surface area contributed by atoms with Crippen LogP contribution in [-0.4, -0.2) is 45.4 Å². The Kier molecular flexibility index (Phi) is 8.23. The highest BCUT2D eigenvalue weighted by atomic mass is 32.2. The van der Waals surface area contributed by atoms with E-state index in [0.29, 0.717) is 34.2 Å². The number of aliphatic carboxylic acids is 1. The molecule has 0 atom stereocenters. The number of carboxylic acids is 1. The average Bonchev–Trinajstić information content (AvgIpc) is 3.40. The number of nitrogens with one attached hydrogen (secondary N) is 1. The molecule has 0 unspecified atom stereocenters. The SMILES string of the molecule is COc1cc(OC)cc(-c2nc(S/C(=C\c3cccc(OCc4ccc([N+](=O)[O-])cc4)c3)C(=O)O)n[nH]2)c1. The minimum absolute atomic E-state index is 0.00123. The lowest BCUT2D eigenvalue weighted by Crippen LogP contribution is -1.98. The number of nitro groups is 1. The maximum atomic E-state index is 12.0. The third-order valence-electron chi connectivity index (χ3n) is 5.21. The van der Waals surface area contributed by atoms with Gasteiger partial charge in [0.15, 0.2) is 5.82 Å². The van der Waals surface area contributed by atoms with Gasteiger partial charge in [0.25, 0.3) is 5.69 Å². The second kappa shape index (κ2) is 11.9. The van der Waals surface area contributed by atoms with Crippen molar-refractivity contribution in [3.05, 3.63) is 92.9 Å². The van der Waals surface area contributed by atoms with E-state index < -0.39 is 10.9 Å². The van der Waals surface area contributed by atoms with Crippen LogP contribution in [0, 0.1) is 10.1 Å². The Balaban J connectivity index is 1.48. The number of non-ortho nitro benzene ring substituents is 1. The Morgan fingerprint density at radius 1 is 1.05 bits per heavy atom. The van der Waals surface area contributed by atoms with Gasteiger partial charge in [-0.25, -0.2) is 9.78 Å². The first-order valence-electron chi connectivity index (χ1n) is 11.1. The molecule has 0 aliphatic heterocycles. The molecule has 1 aromatic heterocycles. The third kappa shape index (κ3) is 6.68. The van der Waals surface area contributed by atoms with Gasteiger partial charge in [0.05, 0.1) is 19.1 Å². The van der Waals surface area contributed by atoms with Crippen LogP contribution in [0.4, 0.5) is 5.69 Å². The van der Waals surface area contributed by atoms with Crippen molar-refractivity contribution < 1.29 is 29.0 Å². The second-order valence-electron chi connectivity index (χ2n) is 7.77. The zero-order chi connectivity index (χ0) is 27.1. The Morgan fingerprint density at radius 2 is 1.76 bits per heavy atom. The standard InChI is InChI=1S/C26H22N4O7S/c1-35-21-12-18(13-22(14-21)36-2)24-27-26(29-28-24)38-23(25(31)32)11-17-4-3-5-20(10-17)37-15-16-6-8-19(9-7-16)30(33)34/h3-14H,15H2,1-2H3,(H,31,32)(H,27,28,29)/b23-11-. The first-order valence-corrected chi connectivity index (χ1v) is 11.9. The molecule has 0 aliphatic rings.